The number of aliphatic hydroxyl groups is 1. The molecule has 5 fully saturated rings. The molecule has 2 bridgehead atoms. The minimum atomic E-state index is -1.71. The third kappa shape index (κ3) is 27.9. The van der Waals surface area contributed by atoms with Gasteiger partial charge in [0.05, 0.1) is 31.4 Å². The Morgan fingerprint density at radius 1 is 0.519 bits per heavy atom. The minimum absolute atomic E-state index is 0.00109. The second-order valence-corrected chi connectivity index (χ2v) is 36.8. The average molecular weight is 1870 g/mol. The lowest BCUT2D eigenvalue weighted by molar-refractivity contribution is -0.145. The molecular weight excluding hydrogens is 1740 g/mol. The Balaban J connectivity index is 1.01. The van der Waals surface area contributed by atoms with Gasteiger partial charge in [-0.05, 0) is 117 Å². The Kier molecular flexibility index (Phi) is 37.0. The van der Waals surface area contributed by atoms with Crippen LogP contribution in [0.3, 0.4) is 0 Å². The summed E-state index contributed by atoms with van der Waals surface area (Å²) in [5.41, 5.74) is 19.9. The molecule has 42 heteroatoms. The number of nitrogens with one attached hydrogen (secondary N) is 11. The van der Waals surface area contributed by atoms with E-state index >= 15 is 43.2 Å². The smallest absolute Gasteiger partial charge is 0.323 e. The Bertz CT molecular complexity index is 5080. The first kappa shape index (κ1) is 102. The number of para-hydroxylation sites is 2. The summed E-state index contributed by atoms with van der Waals surface area (Å²) in [6, 6.07) is 0.321. The second kappa shape index (κ2) is 48.1. The van der Waals surface area contributed by atoms with Crippen molar-refractivity contribution in [1.29, 1.82) is 0 Å². The summed E-state index contributed by atoms with van der Waals surface area (Å²) in [4.78, 5) is 271. The summed E-state index contributed by atoms with van der Waals surface area (Å²) in [6.45, 7) is 4.29. The molecule has 0 aliphatic carbocycles. The van der Waals surface area contributed by atoms with Crippen LogP contribution in [0.1, 0.15) is 154 Å². The minimum Gasteiger partial charge on any atom is -0.508 e. The van der Waals surface area contributed by atoms with Gasteiger partial charge in [-0.15, -0.1) is 11.8 Å². The van der Waals surface area contributed by atoms with Crippen molar-refractivity contribution in [3.05, 3.63) is 102 Å². The molecule has 5 saturated heterocycles. The largest absolute Gasteiger partial charge is 0.508 e. The lowest BCUT2D eigenvalue weighted by Gasteiger charge is -2.35. The van der Waals surface area contributed by atoms with Gasteiger partial charge in [0, 0.05) is 99.4 Å². The third-order valence-corrected chi connectivity index (χ3v) is 25.7. The number of nitrogens with two attached hydrogens (primary N) is 3. The molecule has 17 amide bonds. The molecule has 14 atom stereocenters. The molecule has 41 nitrogen and oxygen atoms in total. The van der Waals surface area contributed by atoms with Crippen LogP contribution < -0.4 is 70.4 Å². The molecule has 5 aliphatic rings. The summed E-state index contributed by atoms with van der Waals surface area (Å²) in [5, 5.41) is 59.9. The monoisotopic (exact) mass is 1870 g/mol. The highest BCUT2D eigenvalue weighted by Crippen LogP contribution is 2.30. The van der Waals surface area contributed by atoms with Gasteiger partial charge in [-0.1, -0.05) is 115 Å². The number of rotatable bonds is 19. The van der Waals surface area contributed by atoms with Gasteiger partial charge in [-0.25, -0.2) is 0 Å². The average Bonchev–Trinajstić information content (AvgIpc) is 1.63. The number of amides is 17. The number of carbonyl (C=O) groups is 18. The van der Waals surface area contributed by atoms with Gasteiger partial charge in [0.15, 0.2) is 0 Å². The highest BCUT2D eigenvalue weighted by molar-refractivity contribution is 8.00. The lowest BCUT2D eigenvalue weighted by atomic mass is 9.97. The van der Waals surface area contributed by atoms with Gasteiger partial charge in [-0.3, -0.25) is 86.3 Å². The predicted octanol–water partition coefficient (Wildman–Crippen LogP) is -1.67. The number of aromatic amines is 1. The molecule has 10 rings (SSSR count). The maximum absolute atomic E-state index is 15.6. The first-order chi connectivity index (χ1) is 63.4. The number of carboxylic acids is 1. The maximum Gasteiger partial charge on any atom is 0.323 e. The fourth-order valence-corrected chi connectivity index (χ4v) is 19.0. The number of likely N-dealkylation sites (N-methyl/N-ethyl adjacent to an activating group) is 2. The van der Waals surface area contributed by atoms with Crippen molar-refractivity contribution in [2.75, 3.05) is 64.9 Å². The van der Waals surface area contributed by atoms with Crippen LogP contribution in [0.25, 0.3) is 21.8 Å². The number of nitrogens with zero attached hydrogens (tertiary/aromatic N) is 6. The Morgan fingerprint density at radius 2 is 1.05 bits per heavy atom. The van der Waals surface area contributed by atoms with E-state index in [1.807, 2.05) is 0 Å². The third-order valence-electron chi connectivity index (χ3n) is 24.7. The zero-order valence-electron chi connectivity index (χ0n) is 75.8. The van der Waals surface area contributed by atoms with E-state index < -0.39 is 229 Å². The molecule has 5 aliphatic heterocycles. The zero-order chi connectivity index (χ0) is 96.6. The number of phenolic OH excluding ortho intramolecular Hbond substituents is 1. The van der Waals surface area contributed by atoms with Crippen molar-refractivity contribution in [2.45, 2.75) is 247 Å². The van der Waals surface area contributed by atoms with Crippen LogP contribution in [0, 0.1) is 11.8 Å². The normalized spacial score (nSPS) is 25.7. The summed E-state index contributed by atoms with van der Waals surface area (Å²) < 4.78 is 1.44. The van der Waals surface area contributed by atoms with E-state index in [2.05, 4.69) is 58.2 Å². The van der Waals surface area contributed by atoms with E-state index in [0.717, 1.165) is 26.5 Å². The molecule has 722 valence electrons. The second-order valence-electron chi connectivity index (χ2n) is 35.8. The number of aromatic hydroxyl groups is 1. The molecular formula is C91H126N20O21S. The van der Waals surface area contributed by atoms with Crippen molar-refractivity contribution in [2.24, 2.45) is 29.0 Å². The van der Waals surface area contributed by atoms with Crippen LogP contribution in [-0.4, -0.2) is 305 Å². The van der Waals surface area contributed by atoms with Gasteiger partial charge >= 0.3 is 5.97 Å². The van der Waals surface area contributed by atoms with Crippen molar-refractivity contribution >= 4 is 140 Å². The molecule has 2 unspecified atom stereocenters. The fraction of sp³-hybridized carbons (Fsp3) is 0.560. The van der Waals surface area contributed by atoms with E-state index in [-0.39, 0.29) is 126 Å². The number of hydrogen-bond donors (Lipinski definition) is 17. The number of phenols is 1. The molecule has 0 radical (unpaired) electrons. The standard InChI is InChI=1S/C91H126N20O21S/c1-50(2)35-64-88(129)107(6)73(83(124)96-43-75(94)115)48-133-49-77(117)99-66(37-52-27-29-55(112)30-28-52)89(130)110-34-18-26-71(110)85(126)105-67(41-74(93)114)90(131)109-33-17-25-70(109)82(123)97-44-76(116)98-65(36-51(3)4)91(132)111-46-56(113)40-72(111)86(127)103-62(38-53-42-95-59-21-15-13-19-57(53)59)80(121)100-60(31-32-92)79(120)102-63(39-54-45-108(47-78(118)119)68-23-16-14-20-58(54)68)81(122)101-61-22-11-9-7-8-10-12-24-69(84(125)104-64)106(5)87(61)128/h13-16,19-21,23,27-30,42,45,50-51,56,60-67,69-73,95,112-113H,7-12,17-18,22,24-26,31-41,43-44,46-49,92H2,1-6H3,(H2,93,114)(H2,94,115)(H,96,124)(H,97,123)(H,98,116)(H,99,117)(H,100,121)(H,101,122)(H,102,120)(H,103,127)(H,104,125)(H,105,126)(H,118,119)/t56-,60+,61?,62+,63+,64+,65+,66+,67-,69?,70-,71+,72+,73+/m1/s1. The number of fused-ring (bicyclic) bond motifs is 8. The van der Waals surface area contributed by atoms with Crippen LogP contribution >= 0.6 is 11.8 Å². The van der Waals surface area contributed by atoms with Gasteiger partial charge in [-0.2, -0.15) is 0 Å². The molecule has 5 aromatic rings. The van der Waals surface area contributed by atoms with Gasteiger partial charge in [0.25, 0.3) is 0 Å². The topological polar surface area (TPSA) is 603 Å². The Hall–Kier alpha value is -12.7. The predicted molar refractivity (Wildman–Crippen MR) is 487 cm³/mol. The number of hydrogen-bond acceptors (Lipinski definition) is 22. The first-order valence-electron chi connectivity index (χ1n) is 45.4. The highest BCUT2D eigenvalue weighted by Gasteiger charge is 2.47. The van der Waals surface area contributed by atoms with Crippen LogP contribution in [0.4, 0.5) is 0 Å². The number of carbonyl (C=O) groups excluding carboxylic acids is 17. The van der Waals surface area contributed by atoms with Gasteiger partial charge in [0.1, 0.15) is 90.8 Å². The number of H-pyrrole nitrogens is 1. The van der Waals surface area contributed by atoms with Crippen molar-refractivity contribution in [1.82, 2.24) is 87.2 Å². The molecule has 2 aromatic heterocycles. The number of carboxylic acid groups (broad SMARTS) is 1. The quantitative estimate of drug-likeness (QED) is 0.0440. The Labute approximate surface area is 773 Å². The molecule has 3 aromatic carbocycles. The number of thioether (sulfide) groups is 1. The van der Waals surface area contributed by atoms with E-state index in [1.54, 1.807) is 82.4 Å². The van der Waals surface area contributed by atoms with E-state index in [9.17, 15) is 58.5 Å². The van der Waals surface area contributed by atoms with E-state index in [1.165, 1.54) is 58.9 Å². The van der Waals surface area contributed by atoms with Gasteiger partial charge in [0.2, 0.25) is 100 Å². The zero-order valence-corrected chi connectivity index (χ0v) is 76.7. The fourth-order valence-electron chi connectivity index (χ4n) is 18.0. The van der Waals surface area contributed by atoms with Crippen LogP contribution in [0.15, 0.2) is 85.2 Å². The molecule has 0 spiro atoms. The van der Waals surface area contributed by atoms with Crippen LogP contribution in [0.2, 0.25) is 0 Å². The summed E-state index contributed by atoms with van der Waals surface area (Å²) in [7, 11) is 2.65. The number of primary amides is 2. The molecule has 133 heavy (non-hydrogen) atoms. The van der Waals surface area contributed by atoms with Crippen molar-refractivity contribution in [3.8, 4) is 5.75 Å². The lowest BCUT2D eigenvalue weighted by Crippen LogP contribution is -2.61. The summed E-state index contributed by atoms with van der Waals surface area (Å²) in [6.07, 6.45) is 3.46. The van der Waals surface area contributed by atoms with Crippen LogP contribution in [0.5, 0.6) is 5.75 Å². The SMILES string of the molecule is CC(C)C[C@@H]1NC(=O)C2CCCCCCCCC(NC(=O)[C@H](Cc3cn(CC(=O)O)c4ccccc34)NC(=O)[C@H](CCN)NC(=O)[C@H](Cc3c[nH]c4ccccc34)NC(=O)[C@@H]3C[C@@H](O)CN3C(=O)[C@H](CC(C)C)NC(=O)CNC(=O)[C@H]3CCCN3C(=O)[C@@H](CC(N)=O)NC(=O)[C@@H]3CCCN3C(=O)[C@H](Cc3ccc(O)cc3)NC(=O)CSC[C@@H](C(=O)NCC(N)=O)N(C)C1=O)C(=O)N2C. The number of aliphatic hydroxyl groups excluding tert-OH is 1. The maximum atomic E-state index is 15.6. The molecule has 7 heterocycles. The number of benzene rings is 3. The van der Waals surface area contributed by atoms with Gasteiger partial charge < -0.3 is 120 Å². The number of aliphatic carboxylic acids is 1. The Morgan fingerprint density at radius 3 is 1.70 bits per heavy atom. The van der Waals surface area contributed by atoms with Crippen molar-refractivity contribution < 1.29 is 102 Å². The number of aromatic nitrogens is 2. The van der Waals surface area contributed by atoms with E-state index in [4.69, 9.17) is 17.2 Å². The van der Waals surface area contributed by atoms with Crippen LogP contribution in [-0.2, 0) is 112 Å². The summed E-state index contributed by atoms with van der Waals surface area (Å²) >= 11 is 0.835. The molecule has 20 N–H and O–H groups in total. The first-order valence-corrected chi connectivity index (χ1v) is 46.6. The van der Waals surface area contributed by atoms with E-state index in [0.29, 0.717) is 77.0 Å². The molecule has 0 saturated carbocycles. The van der Waals surface area contributed by atoms with Crippen molar-refractivity contribution in [3.63, 3.8) is 0 Å². The summed E-state index contributed by atoms with van der Waals surface area (Å²) in [5.74, 6) is -17.8. The highest BCUT2D eigenvalue weighted by atomic mass is 32.2.